The Labute approximate surface area is 124 Å². The monoisotopic (exact) mass is 285 g/mol. The van der Waals surface area contributed by atoms with Gasteiger partial charge in [-0.05, 0) is 42.7 Å². The molecule has 2 aromatic rings. The van der Waals surface area contributed by atoms with E-state index >= 15 is 0 Å². The highest BCUT2D eigenvalue weighted by molar-refractivity contribution is 5.87. The van der Waals surface area contributed by atoms with E-state index in [9.17, 15) is 4.79 Å². The van der Waals surface area contributed by atoms with Gasteiger partial charge < -0.3 is 15.6 Å². The molecule has 0 aliphatic heterocycles. The Hall–Kier alpha value is -2.33. The number of aromatic carboxylic acids is 1. The number of carbonyl (C=O) groups is 1. The molecular weight excluding hydrogens is 266 g/mol. The van der Waals surface area contributed by atoms with Gasteiger partial charge in [0.25, 0.3) is 0 Å². The molecule has 0 fully saturated rings. The molecular formula is C17H19NO3. The first-order valence-electron chi connectivity index (χ1n) is 6.85. The standard InChI is InChI=1S/C17H19NO3/c1-12(18)10-15-4-2-3-5-16(15)21-11-13-6-8-14(9-7-13)17(19)20/h2-9,12H,10-11,18H2,1H3,(H,19,20). The van der Waals surface area contributed by atoms with Gasteiger partial charge in [0.15, 0.2) is 0 Å². The van der Waals surface area contributed by atoms with Crippen LogP contribution in [0.1, 0.15) is 28.4 Å². The van der Waals surface area contributed by atoms with Crippen LogP contribution in [0.4, 0.5) is 0 Å². The number of nitrogens with two attached hydrogens (primary N) is 1. The highest BCUT2D eigenvalue weighted by Gasteiger charge is 2.06. The van der Waals surface area contributed by atoms with Crippen LogP contribution in [-0.2, 0) is 13.0 Å². The second-order valence-corrected chi connectivity index (χ2v) is 5.08. The van der Waals surface area contributed by atoms with Crippen molar-refractivity contribution in [3.05, 3.63) is 65.2 Å². The Balaban J connectivity index is 2.04. The second-order valence-electron chi connectivity index (χ2n) is 5.08. The lowest BCUT2D eigenvalue weighted by Gasteiger charge is -2.13. The topological polar surface area (TPSA) is 72.5 Å². The van der Waals surface area contributed by atoms with Gasteiger partial charge in [-0.15, -0.1) is 0 Å². The molecule has 4 nitrogen and oxygen atoms in total. The lowest BCUT2D eigenvalue weighted by atomic mass is 10.1. The zero-order chi connectivity index (χ0) is 15.2. The Kier molecular flexibility index (Phi) is 4.95. The minimum Gasteiger partial charge on any atom is -0.489 e. The van der Waals surface area contributed by atoms with Gasteiger partial charge in [-0.2, -0.15) is 0 Å². The molecule has 2 aromatic carbocycles. The van der Waals surface area contributed by atoms with Crippen LogP contribution < -0.4 is 10.5 Å². The van der Waals surface area contributed by atoms with Gasteiger partial charge in [0.05, 0.1) is 5.56 Å². The number of hydrogen-bond acceptors (Lipinski definition) is 3. The van der Waals surface area contributed by atoms with Crippen LogP contribution in [0.25, 0.3) is 0 Å². The van der Waals surface area contributed by atoms with Crippen molar-refractivity contribution in [2.24, 2.45) is 5.73 Å². The maximum atomic E-state index is 10.8. The molecule has 0 radical (unpaired) electrons. The molecule has 0 saturated heterocycles. The van der Waals surface area contributed by atoms with Crippen LogP contribution in [0.3, 0.4) is 0 Å². The molecule has 0 aromatic heterocycles. The fraction of sp³-hybridized carbons (Fsp3) is 0.235. The number of hydrogen-bond donors (Lipinski definition) is 2. The van der Waals surface area contributed by atoms with E-state index in [0.717, 1.165) is 23.3 Å². The Morgan fingerprint density at radius 3 is 2.48 bits per heavy atom. The van der Waals surface area contributed by atoms with E-state index in [4.69, 9.17) is 15.6 Å². The summed E-state index contributed by atoms with van der Waals surface area (Å²) in [6.45, 7) is 2.36. The highest BCUT2D eigenvalue weighted by atomic mass is 16.5. The Bertz CT molecular complexity index is 606. The van der Waals surface area contributed by atoms with E-state index in [2.05, 4.69) is 0 Å². The number of benzene rings is 2. The van der Waals surface area contributed by atoms with Crippen LogP contribution in [0, 0.1) is 0 Å². The summed E-state index contributed by atoms with van der Waals surface area (Å²) in [5, 5.41) is 8.86. The molecule has 0 heterocycles. The largest absolute Gasteiger partial charge is 0.489 e. The average Bonchev–Trinajstić information content (AvgIpc) is 2.46. The average molecular weight is 285 g/mol. The van der Waals surface area contributed by atoms with Gasteiger partial charge in [0.1, 0.15) is 12.4 Å². The summed E-state index contributed by atoms with van der Waals surface area (Å²) in [6.07, 6.45) is 0.758. The van der Waals surface area contributed by atoms with E-state index in [1.165, 1.54) is 0 Å². The van der Waals surface area contributed by atoms with Crippen LogP contribution in [-0.4, -0.2) is 17.1 Å². The summed E-state index contributed by atoms with van der Waals surface area (Å²) in [6, 6.07) is 14.6. The summed E-state index contributed by atoms with van der Waals surface area (Å²) in [7, 11) is 0. The molecule has 0 aliphatic rings. The normalized spacial score (nSPS) is 11.9. The number of carboxylic acid groups (broad SMARTS) is 1. The van der Waals surface area contributed by atoms with Crippen molar-refractivity contribution in [1.82, 2.24) is 0 Å². The molecule has 21 heavy (non-hydrogen) atoms. The first-order valence-corrected chi connectivity index (χ1v) is 6.85. The fourth-order valence-electron chi connectivity index (χ4n) is 2.06. The Morgan fingerprint density at radius 1 is 1.19 bits per heavy atom. The van der Waals surface area contributed by atoms with Crippen molar-refractivity contribution in [1.29, 1.82) is 0 Å². The first-order chi connectivity index (χ1) is 10.1. The minimum absolute atomic E-state index is 0.0737. The molecule has 0 spiro atoms. The molecule has 0 bridgehead atoms. The van der Waals surface area contributed by atoms with Gasteiger partial charge >= 0.3 is 5.97 Å². The zero-order valence-corrected chi connectivity index (χ0v) is 12.0. The minimum atomic E-state index is -0.926. The van der Waals surface area contributed by atoms with Crippen LogP contribution in [0.2, 0.25) is 0 Å². The summed E-state index contributed by atoms with van der Waals surface area (Å²) in [4.78, 5) is 10.8. The third-order valence-electron chi connectivity index (χ3n) is 3.11. The lowest BCUT2D eigenvalue weighted by Crippen LogP contribution is -2.18. The van der Waals surface area contributed by atoms with Gasteiger partial charge in [-0.3, -0.25) is 0 Å². The quantitative estimate of drug-likeness (QED) is 0.856. The first kappa shape index (κ1) is 15.1. The van der Waals surface area contributed by atoms with Gasteiger partial charge in [0.2, 0.25) is 0 Å². The van der Waals surface area contributed by atoms with Crippen molar-refractivity contribution in [3.63, 3.8) is 0 Å². The third kappa shape index (κ3) is 4.33. The van der Waals surface area contributed by atoms with E-state index in [-0.39, 0.29) is 11.6 Å². The molecule has 3 N–H and O–H groups in total. The predicted molar refractivity (Wildman–Crippen MR) is 81.5 cm³/mol. The number of rotatable bonds is 6. The van der Waals surface area contributed by atoms with Crippen molar-refractivity contribution in [2.75, 3.05) is 0 Å². The molecule has 1 unspecified atom stereocenters. The third-order valence-corrected chi connectivity index (χ3v) is 3.11. The fourth-order valence-corrected chi connectivity index (χ4v) is 2.06. The number of para-hydroxylation sites is 1. The maximum Gasteiger partial charge on any atom is 0.335 e. The Morgan fingerprint density at radius 2 is 1.86 bits per heavy atom. The van der Waals surface area contributed by atoms with E-state index in [1.54, 1.807) is 24.3 Å². The van der Waals surface area contributed by atoms with E-state index < -0.39 is 5.97 Å². The van der Waals surface area contributed by atoms with Crippen molar-refractivity contribution >= 4 is 5.97 Å². The second kappa shape index (κ2) is 6.90. The van der Waals surface area contributed by atoms with Crippen molar-refractivity contribution in [3.8, 4) is 5.75 Å². The summed E-state index contributed by atoms with van der Waals surface area (Å²) >= 11 is 0. The van der Waals surface area contributed by atoms with Crippen molar-refractivity contribution < 1.29 is 14.6 Å². The molecule has 0 aliphatic carbocycles. The molecule has 0 saturated carbocycles. The number of ether oxygens (including phenoxy) is 1. The van der Waals surface area contributed by atoms with E-state index in [1.807, 2.05) is 31.2 Å². The van der Waals surface area contributed by atoms with Gasteiger partial charge in [-0.25, -0.2) is 4.79 Å². The highest BCUT2D eigenvalue weighted by Crippen LogP contribution is 2.20. The summed E-state index contributed by atoms with van der Waals surface area (Å²) in [5.41, 5.74) is 8.11. The molecule has 110 valence electrons. The van der Waals surface area contributed by atoms with Crippen LogP contribution >= 0.6 is 0 Å². The molecule has 2 rings (SSSR count). The molecule has 1 atom stereocenters. The smallest absolute Gasteiger partial charge is 0.335 e. The molecule has 0 amide bonds. The van der Waals surface area contributed by atoms with Crippen LogP contribution in [0.15, 0.2) is 48.5 Å². The van der Waals surface area contributed by atoms with Crippen LogP contribution in [0.5, 0.6) is 5.75 Å². The summed E-state index contributed by atoms with van der Waals surface area (Å²) in [5.74, 6) is -0.109. The lowest BCUT2D eigenvalue weighted by molar-refractivity contribution is 0.0697. The van der Waals surface area contributed by atoms with Gasteiger partial charge in [0, 0.05) is 6.04 Å². The van der Waals surface area contributed by atoms with E-state index in [0.29, 0.717) is 6.61 Å². The zero-order valence-electron chi connectivity index (χ0n) is 12.0. The SMILES string of the molecule is CC(N)Cc1ccccc1OCc1ccc(C(=O)O)cc1. The molecule has 4 heteroatoms. The maximum absolute atomic E-state index is 10.8. The van der Waals surface area contributed by atoms with Crippen molar-refractivity contribution in [2.45, 2.75) is 26.0 Å². The summed E-state index contributed by atoms with van der Waals surface area (Å²) < 4.78 is 5.82. The predicted octanol–water partition coefficient (Wildman–Crippen LogP) is 2.85. The number of carboxylic acids is 1. The van der Waals surface area contributed by atoms with Gasteiger partial charge in [-0.1, -0.05) is 30.3 Å².